The van der Waals surface area contributed by atoms with Crippen molar-refractivity contribution in [1.82, 2.24) is 4.90 Å². The molecular formula is C13H17Cl2NO2S. The average molecular weight is 322 g/mol. The maximum atomic E-state index is 9.09. The molecule has 1 aliphatic rings. The van der Waals surface area contributed by atoms with Crippen LogP contribution in [0.5, 0.6) is 0 Å². The van der Waals surface area contributed by atoms with Crippen LogP contribution in [0.2, 0.25) is 10.0 Å². The van der Waals surface area contributed by atoms with Crippen molar-refractivity contribution in [2.75, 3.05) is 38.6 Å². The number of benzene rings is 1. The van der Waals surface area contributed by atoms with Crippen molar-refractivity contribution in [1.29, 1.82) is 0 Å². The summed E-state index contributed by atoms with van der Waals surface area (Å²) in [5, 5.41) is 10.5. The molecule has 106 valence electrons. The first kappa shape index (κ1) is 15.4. The van der Waals surface area contributed by atoms with Crippen molar-refractivity contribution in [3.8, 4) is 0 Å². The highest BCUT2D eigenvalue weighted by Crippen LogP contribution is 2.29. The lowest BCUT2D eigenvalue weighted by Gasteiger charge is -2.31. The molecule has 2 rings (SSSR count). The van der Waals surface area contributed by atoms with E-state index in [0.29, 0.717) is 11.6 Å². The first-order valence-corrected chi connectivity index (χ1v) is 7.96. The van der Waals surface area contributed by atoms with Gasteiger partial charge in [-0.15, -0.1) is 11.8 Å². The van der Waals surface area contributed by atoms with Gasteiger partial charge in [0.05, 0.1) is 24.3 Å². The molecular weight excluding hydrogens is 305 g/mol. The van der Waals surface area contributed by atoms with E-state index in [9.17, 15) is 0 Å². The molecule has 1 aromatic rings. The molecule has 0 spiro atoms. The lowest BCUT2D eigenvalue weighted by atomic mass is 10.3. The molecule has 1 N–H and O–H groups in total. The Balaban J connectivity index is 1.78. The van der Waals surface area contributed by atoms with Crippen LogP contribution in [0.4, 0.5) is 0 Å². The second kappa shape index (κ2) is 7.72. The van der Waals surface area contributed by atoms with Gasteiger partial charge in [0, 0.05) is 35.3 Å². The Bertz CT molecular complexity index is 420. The van der Waals surface area contributed by atoms with Crippen LogP contribution in [-0.4, -0.2) is 54.7 Å². The third kappa shape index (κ3) is 4.81. The van der Waals surface area contributed by atoms with E-state index in [1.807, 2.05) is 12.1 Å². The Kier molecular flexibility index (Phi) is 6.26. The van der Waals surface area contributed by atoms with Gasteiger partial charge in [0.15, 0.2) is 0 Å². The highest BCUT2D eigenvalue weighted by Gasteiger charge is 2.19. The van der Waals surface area contributed by atoms with E-state index in [2.05, 4.69) is 4.90 Å². The van der Waals surface area contributed by atoms with Crippen LogP contribution < -0.4 is 0 Å². The van der Waals surface area contributed by atoms with Gasteiger partial charge in [0.25, 0.3) is 0 Å². The van der Waals surface area contributed by atoms with Gasteiger partial charge in [0.2, 0.25) is 0 Å². The number of rotatable bonds is 5. The van der Waals surface area contributed by atoms with E-state index in [1.165, 1.54) is 0 Å². The highest BCUT2D eigenvalue weighted by molar-refractivity contribution is 7.99. The van der Waals surface area contributed by atoms with Crippen molar-refractivity contribution in [3.05, 3.63) is 28.2 Å². The number of aliphatic hydroxyl groups excluding tert-OH is 1. The fraction of sp³-hybridized carbons (Fsp3) is 0.538. The van der Waals surface area contributed by atoms with Crippen LogP contribution in [0.25, 0.3) is 0 Å². The Morgan fingerprint density at radius 2 is 2.26 bits per heavy atom. The van der Waals surface area contributed by atoms with Gasteiger partial charge in [-0.2, -0.15) is 0 Å². The van der Waals surface area contributed by atoms with Crippen molar-refractivity contribution in [2.24, 2.45) is 0 Å². The lowest BCUT2D eigenvalue weighted by molar-refractivity contribution is -0.0509. The Labute approximate surface area is 127 Å². The summed E-state index contributed by atoms with van der Waals surface area (Å²) in [4.78, 5) is 3.32. The minimum atomic E-state index is -0.0477. The van der Waals surface area contributed by atoms with Crippen molar-refractivity contribution >= 4 is 35.0 Å². The van der Waals surface area contributed by atoms with Gasteiger partial charge in [0.1, 0.15) is 0 Å². The fourth-order valence-corrected chi connectivity index (χ4v) is 3.47. The first-order chi connectivity index (χ1) is 9.19. The number of aliphatic hydroxyl groups is 1. The molecule has 0 radical (unpaired) electrons. The molecule has 1 atom stereocenters. The zero-order chi connectivity index (χ0) is 13.7. The number of morpholine rings is 1. The topological polar surface area (TPSA) is 32.7 Å². The predicted molar refractivity (Wildman–Crippen MR) is 80.5 cm³/mol. The largest absolute Gasteiger partial charge is 0.394 e. The van der Waals surface area contributed by atoms with E-state index in [1.54, 1.807) is 17.8 Å². The summed E-state index contributed by atoms with van der Waals surface area (Å²) < 4.78 is 5.42. The molecule has 1 unspecified atom stereocenters. The van der Waals surface area contributed by atoms with Gasteiger partial charge in [-0.1, -0.05) is 23.2 Å². The molecule has 0 bridgehead atoms. The molecule has 0 saturated carbocycles. The van der Waals surface area contributed by atoms with E-state index in [4.69, 9.17) is 33.0 Å². The average Bonchev–Trinajstić information content (AvgIpc) is 2.43. The predicted octanol–water partition coefficient (Wildman–Crippen LogP) is 2.78. The van der Waals surface area contributed by atoms with Crippen molar-refractivity contribution in [2.45, 2.75) is 11.0 Å². The SMILES string of the molecule is OCC1CN(CCSc2cc(Cl)ccc2Cl)CCO1. The molecule has 0 aromatic heterocycles. The van der Waals surface area contributed by atoms with Gasteiger partial charge in [-0.3, -0.25) is 4.90 Å². The molecule has 19 heavy (non-hydrogen) atoms. The normalized spacial score (nSPS) is 20.7. The summed E-state index contributed by atoms with van der Waals surface area (Å²) in [6, 6.07) is 5.51. The maximum Gasteiger partial charge on any atom is 0.0932 e. The summed E-state index contributed by atoms with van der Waals surface area (Å²) >= 11 is 13.8. The molecule has 1 heterocycles. The second-order valence-electron chi connectivity index (χ2n) is 4.40. The van der Waals surface area contributed by atoms with Crippen LogP contribution in [0.15, 0.2) is 23.1 Å². The quantitative estimate of drug-likeness (QED) is 0.845. The minimum Gasteiger partial charge on any atom is -0.394 e. The Hall–Kier alpha value is 0.0300. The van der Waals surface area contributed by atoms with E-state index < -0.39 is 0 Å². The van der Waals surface area contributed by atoms with Crippen LogP contribution in [0.1, 0.15) is 0 Å². The summed E-state index contributed by atoms with van der Waals surface area (Å²) in [6.45, 7) is 3.44. The monoisotopic (exact) mass is 321 g/mol. The second-order valence-corrected chi connectivity index (χ2v) is 6.38. The lowest BCUT2D eigenvalue weighted by Crippen LogP contribution is -2.44. The number of halogens is 2. The summed E-state index contributed by atoms with van der Waals surface area (Å²) in [7, 11) is 0. The molecule has 6 heteroatoms. The van der Waals surface area contributed by atoms with Gasteiger partial charge in [-0.05, 0) is 18.2 Å². The molecule has 1 saturated heterocycles. The molecule has 0 aliphatic carbocycles. The van der Waals surface area contributed by atoms with Gasteiger partial charge >= 0.3 is 0 Å². The summed E-state index contributed by atoms with van der Waals surface area (Å²) in [6.07, 6.45) is -0.0477. The number of thioether (sulfide) groups is 1. The highest BCUT2D eigenvalue weighted by atomic mass is 35.5. The van der Waals surface area contributed by atoms with Crippen molar-refractivity contribution in [3.63, 3.8) is 0 Å². The number of hydrogen-bond acceptors (Lipinski definition) is 4. The zero-order valence-electron chi connectivity index (χ0n) is 10.5. The molecule has 1 fully saturated rings. The van der Waals surface area contributed by atoms with E-state index >= 15 is 0 Å². The smallest absolute Gasteiger partial charge is 0.0932 e. The number of nitrogens with zero attached hydrogens (tertiary/aromatic N) is 1. The van der Waals surface area contributed by atoms with Crippen LogP contribution >= 0.6 is 35.0 Å². The molecule has 0 amide bonds. The summed E-state index contributed by atoms with van der Waals surface area (Å²) in [5.41, 5.74) is 0. The first-order valence-electron chi connectivity index (χ1n) is 6.21. The van der Waals surface area contributed by atoms with Crippen LogP contribution in [-0.2, 0) is 4.74 Å². The van der Waals surface area contributed by atoms with E-state index in [-0.39, 0.29) is 12.7 Å². The van der Waals surface area contributed by atoms with E-state index in [0.717, 1.165) is 35.3 Å². The standard InChI is InChI=1S/C13H17Cl2NO2S/c14-10-1-2-12(15)13(7-10)19-6-4-16-3-5-18-11(8-16)9-17/h1-2,7,11,17H,3-6,8-9H2. The third-order valence-corrected chi connectivity index (χ3v) is 4.70. The zero-order valence-corrected chi connectivity index (χ0v) is 12.8. The van der Waals surface area contributed by atoms with Crippen molar-refractivity contribution < 1.29 is 9.84 Å². The fourth-order valence-electron chi connectivity index (χ4n) is 1.97. The number of hydrogen-bond donors (Lipinski definition) is 1. The molecule has 1 aliphatic heterocycles. The molecule has 1 aromatic carbocycles. The summed E-state index contributed by atoms with van der Waals surface area (Å²) in [5.74, 6) is 0.943. The van der Waals surface area contributed by atoms with Gasteiger partial charge in [-0.25, -0.2) is 0 Å². The maximum absolute atomic E-state index is 9.09. The third-order valence-electron chi connectivity index (χ3n) is 2.98. The Morgan fingerprint density at radius 3 is 3.05 bits per heavy atom. The minimum absolute atomic E-state index is 0.0477. The Morgan fingerprint density at radius 1 is 1.42 bits per heavy atom. The molecule has 3 nitrogen and oxygen atoms in total. The van der Waals surface area contributed by atoms with Gasteiger partial charge < -0.3 is 9.84 Å². The number of ether oxygens (including phenoxy) is 1. The van der Waals surface area contributed by atoms with Crippen LogP contribution in [0, 0.1) is 0 Å². The van der Waals surface area contributed by atoms with Crippen LogP contribution in [0.3, 0.4) is 0 Å².